The van der Waals surface area contributed by atoms with Crippen molar-refractivity contribution < 1.29 is 18.7 Å². The second-order valence-electron chi connectivity index (χ2n) is 5.97. The third-order valence-corrected chi connectivity index (χ3v) is 4.85. The van der Waals surface area contributed by atoms with E-state index in [1.165, 1.54) is 11.8 Å². The predicted molar refractivity (Wildman–Crippen MR) is 107 cm³/mol. The first kappa shape index (κ1) is 19.8. The van der Waals surface area contributed by atoms with E-state index in [1.54, 1.807) is 14.2 Å². The third kappa shape index (κ3) is 5.04. The van der Waals surface area contributed by atoms with Crippen LogP contribution in [0.1, 0.15) is 11.1 Å². The van der Waals surface area contributed by atoms with Crippen molar-refractivity contribution in [3.05, 3.63) is 53.6 Å². The van der Waals surface area contributed by atoms with Crippen molar-refractivity contribution in [1.29, 1.82) is 0 Å². The van der Waals surface area contributed by atoms with Crippen molar-refractivity contribution in [3.8, 4) is 23.0 Å². The molecule has 7 nitrogen and oxygen atoms in total. The molecule has 146 valence electrons. The summed E-state index contributed by atoms with van der Waals surface area (Å²) >= 11 is 1.20. The molecule has 0 fully saturated rings. The number of hydrogen-bond donors (Lipinski definition) is 1. The first-order chi connectivity index (χ1) is 13.6. The maximum Gasteiger partial charge on any atom is 0.277 e. The van der Waals surface area contributed by atoms with Gasteiger partial charge in [-0.15, -0.1) is 10.2 Å². The zero-order valence-corrected chi connectivity index (χ0v) is 16.7. The lowest BCUT2D eigenvalue weighted by molar-refractivity contribution is -0.118. The van der Waals surface area contributed by atoms with Crippen molar-refractivity contribution in [2.24, 2.45) is 0 Å². The van der Waals surface area contributed by atoms with E-state index in [-0.39, 0.29) is 11.7 Å². The van der Waals surface area contributed by atoms with Crippen LogP contribution in [-0.4, -0.2) is 36.1 Å². The van der Waals surface area contributed by atoms with Gasteiger partial charge >= 0.3 is 0 Å². The van der Waals surface area contributed by atoms with Crippen LogP contribution in [0.5, 0.6) is 11.5 Å². The highest BCUT2D eigenvalue weighted by atomic mass is 32.2. The molecular weight excluding hydrogens is 378 g/mol. The maximum atomic E-state index is 12.1. The highest BCUT2D eigenvalue weighted by molar-refractivity contribution is 7.99. The topological polar surface area (TPSA) is 86.5 Å². The molecule has 0 unspecified atom stereocenters. The largest absolute Gasteiger partial charge is 0.497 e. The van der Waals surface area contributed by atoms with E-state index in [9.17, 15) is 4.79 Å². The second-order valence-corrected chi connectivity index (χ2v) is 6.90. The van der Waals surface area contributed by atoms with Crippen LogP contribution in [0.15, 0.2) is 52.1 Å². The van der Waals surface area contributed by atoms with E-state index in [0.29, 0.717) is 17.7 Å². The van der Waals surface area contributed by atoms with Gasteiger partial charge in [0, 0.05) is 12.1 Å². The number of nitrogens with zero attached hydrogens (tertiary/aromatic N) is 2. The van der Waals surface area contributed by atoms with Crippen LogP contribution in [0.3, 0.4) is 0 Å². The minimum Gasteiger partial charge on any atom is -0.497 e. The number of aryl methyl sites for hydroxylation is 1. The van der Waals surface area contributed by atoms with Crippen LogP contribution >= 0.6 is 11.8 Å². The van der Waals surface area contributed by atoms with Gasteiger partial charge < -0.3 is 19.2 Å². The van der Waals surface area contributed by atoms with E-state index in [2.05, 4.69) is 15.5 Å². The Kier molecular flexibility index (Phi) is 6.54. The number of hydrogen-bond acceptors (Lipinski definition) is 7. The summed E-state index contributed by atoms with van der Waals surface area (Å²) in [4.78, 5) is 12.1. The molecule has 8 heteroatoms. The molecule has 0 saturated carbocycles. The molecule has 0 spiro atoms. The molecule has 0 atom stereocenters. The first-order valence-electron chi connectivity index (χ1n) is 8.60. The van der Waals surface area contributed by atoms with Crippen LogP contribution in [-0.2, 0) is 11.3 Å². The van der Waals surface area contributed by atoms with E-state index in [1.807, 2.05) is 49.4 Å². The normalized spacial score (nSPS) is 10.5. The molecule has 3 aromatic rings. The highest BCUT2D eigenvalue weighted by Gasteiger charge is 2.11. The van der Waals surface area contributed by atoms with Gasteiger partial charge in [0.05, 0.1) is 20.0 Å². The summed E-state index contributed by atoms with van der Waals surface area (Å²) in [6.45, 7) is 2.40. The van der Waals surface area contributed by atoms with Gasteiger partial charge in [-0.05, 0) is 48.4 Å². The number of amides is 1. The molecule has 0 bridgehead atoms. The van der Waals surface area contributed by atoms with Crippen molar-refractivity contribution in [2.45, 2.75) is 18.7 Å². The zero-order chi connectivity index (χ0) is 19.9. The van der Waals surface area contributed by atoms with Gasteiger partial charge in [-0.2, -0.15) is 0 Å². The van der Waals surface area contributed by atoms with E-state index < -0.39 is 0 Å². The number of ether oxygens (including phenoxy) is 2. The Labute approximate surface area is 167 Å². The average Bonchev–Trinajstić information content (AvgIpc) is 3.20. The average molecular weight is 399 g/mol. The van der Waals surface area contributed by atoms with Gasteiger partial charge in [-0.25, -0.2) is 0 Å². The summed E-state index contributed by atoms with van der Waals surface area (Å²) < 4.78 is 16.0. The Bertz CT molecular complexity index is 941. The Balaban J connectivity index is 1.50. The number of rotatable bonds is 8. The smallest absolute Gasteiger partial charge is 0.277 e. The van der Waals surface area contributed by atoms with Crippen LogP contribution < -0.4 is 14.8 Å². The number of methoxy groups -OCH3 is 2. The van der Waals surface area contributed by atoms with Crippen molar-refractivity contribution in [2.75, 3.05) is 20.0 Å². The number of thioether (sulfide) groups is 1. The summed E-state index contributed by atoms with van der Waals surface area (Å²) in [5, 5.41) is 11.2. The molecule has 3 rings (SSSR count). The van der Waals surface area contributed by atoms with Crippen LogP contribution in [0, 0.1) is 6.92 Å². The molecule has 2 aromatic carbocycles. The predicted octanol–water partition coefficient (Wildman–Crippen LogP) is 3.47. The van der Waals surface area contributed by atoms with E-state index in [0.717, 1.165) is 28.2 Å². The number of carbonyl (C=O) groups excluding carboxylic acids is 1. The summed E-state index contributed by atoms with van der Waals surface area (Å²) in [7, 11) is 3.24. The maximum absolute atomic E-state index is 12.1. The Morgan fingerprint density at radius 1 is 1.11 bits per heavy atom. The number of nitrogens with one attached hydrogen (secondary N) is 1. The lowest BCUT2D eigenvalue weighted by Crippen LogP contribution is -2.24. The van der Waals surface area contributed by atoms with Gasteiger partial charge in [-0.3, -0.25) is 4.79 Å². The molecule has 1 aromatic heterocycles. The molecule has 28 heavy (non-hydrogen) atoms. The lowest BCUT2D eigenvalue weighted by Gasteiger charge is -2.08. The quantitative estimate of drug-likeness (QED) is 0.580. The van der Waals surface area contributed by atoms with Crippen molar-refractivity contribution in [1.82, 2.24) is 15.5 Å². The van der Waals surface area contributed by atoms with Crippen LogP contribution in [0.4, 0.5) is 0 Å². The Hall–Kier alpha value is -3.00. The zero-order valence-electron chi connectivity index (χ0n) is 15.9. The minimum absolute atomic E-state index is 0.117. The molecule has 1 heterocycles. The second kappa shape index (κ2) is 9.27. The molecule has 0 aliphatic rings. The molecule has 0 saturated heterocycles. The van der Waals surface area contributed by atoms with E-state index in [4.69, 9.17) is 13.9 Å². The SMILES string of the molecule is COc1ccc(-c2nnc(SCC(=O)NCc3ccc(C)c(OC)c3)o2)cc1. The fourth-order valence-corrected chi connectivity index (χ4v) is 3.06. The van der Waals surface area contributed by atoms with Gasteiger partial charge in [-0.1, -0.05) is 23.9 Å². The molecule has 0 radical (unpaired) electrons. The number of carbonyl (C=O) groups is 1. The Morgan fingerprint density at radius 3 is 2.61 bits per heavy atom. The fraction of sp³-hybridized carbons (Fsp3) is 0.250. The van der Waals surface area contributed by atoms with Crippen LogP contribution in [0.25, 0.3) is 11.5 Å². The standard InChI is InChI=1S/C20H21N3O4S/c1-13-4-5-14(10-17(13)26-3)11-21-18(24)12-28-20-23-22-19(27-20)15-6-8-16(25-2)9-7-15/h4-10H,11-12H2,1-3H3,(H,21,24). The number of benzene rings is 2. The number of aromatic nitrogens is 2. The van der Waals surface area contributed by atoms with Gasteiger partial charge in [0.2, 0.25) is 11.8 Å². The summed E-state index contributed by atoms with van der Waals surface area (Å²) in [6.07, 6.45) is 0. The summed E-state index contributed by atoms with van der Waals surface area (Å²) in [5.41, 5.74) is 2.82. The lowest BCUT2D eigenvalue weighted by atomic mass is 10.1. The summed E-state index contributed by atoms with van der Waals surface area (Å²) in [5.74, 6) is 2.03. The molecule has 0 aliphatic heterocycles. The van der Waals surface area contributed by atoms with Gasteiger partial charge in [0.15, 0.2) is 0 Å². The molecule has 0 aliphatic carbocycles. The van der Waals surface area contributed by atoms with Crippen molar-refractivity contribution >= 4 is 17.7 Å². The minimum atomic E-state index is -0.117. The van der Waals surface area contributed by atoms with Crippen LogP contribution in [0.2, 0.25) is 0 Å². The van der Waals surface area contributed by atoms with Crippen molar-refractivity contribution in [3.63, 3.8) is 0 Å². The summed E-state index contributed by atoms with van der Waals surface area (Å²) in [6, 6.07) is 13.2. The highest BCUT2D eigenvalue weighted by Crippen LogP contribution is 2.25. The molecular formula is C20H21N3O4S. The Morgan fingerprint density at radius 2 is 1.89 bits per heavy atom. The first-order valence-corrected chi connectivity index (χ1v) is 9.58. The molecule has 1 amide bonds. The van der Waals surface area contributed by atoms with Gasteiger partial charge in [0.25, 0.3) is 5.22 Å². The third-order valence-electron chi connectivity index (χ3n) is 4.03. The van der Waals surface area contributed by atoms with E-state index >= 15 is 0 Å². The monoisotopic (exact) mass is 399 g/mol. The fourth-order valence-electron chi connectivity index (χ4n) is 2.47. The molecule has 1 N–H and O–H groups in total. The van der Waals surface area contributed by atoms with Gasteiger partial charge in [0.1, 0.15) is 11.5 Å².